The largest absolute Gasteiger partial charge is 0.477 e. The maximum Gasteiger partial charge on any atom is 0.259 e. The van der Waals surface area contributed by atoms with Gasteiger partial charge in [-0.3, -0.25) is 9.89 Å². The van der Waals surface area contributed by atoms with Gasteiger partial charge in [-0.15, -0.1) is 0 Å². The number of aryl methyl sites for hydroxylation is 1. The number of nitrogens with zero attached hydrogens (tertiary/aromatic N) is 4. The number of aromatic nitrogens is 4. The highest BCUT2D eigenvalue weighted by Gasteiger charge is 2.34. The third kappa shape index (κ3) is 3.79. The molecule has 0 radical (unpaired) electrons. The van der Waals surface area contributed by atoms with Gasteiger partial charge >= 0.3 is 0 Å². The molecule has 2 atom stereocenters. The second kappa shape index (κ2) is 7.60. The van der Waals surface area contributed by atoms with Crippen LogP contribution >= 0.6 is 0 Å². The first-order valence-electron chi connectivity index (χ1n) is 8.43. The van der Waals surface area contributed by atoms with Gasteiger partial charge in [-0.05, 0) is 32.4 Å². The molecular weight excluding hydrogens is 322 g/mol. The Morgan fingerprint density at radius 1 is 1.48 bits per heavy atom. The highest BCUT2D eigenvalue weighted by molar-refractivity contribution is 5.96. The van der Waals surface area contributed by atoms with Crippen LogP contribution in [0.4, 0.5) is 0 Å². The Morgan fingerprint density at radius 2 is 2.32 bits per heavy atom. The van der Waals surface area contributed by atoms with Crippen molar-refractivity contribution in [2.24, 2.45) is 0 Å². The molecule has 0 aliphatic carbocycles. The quantitative estimate of drug-likeness (QED) is 0.854. The summed E-state index contributed by atoms with van der Waals surface area (Å²) >= 11 is 0. The number of carbonyl (C=O) groups excluding carboxylic acids is 1. The second-order valence-electron chi connectivity index (χ2n) is 6.10. The van der Waals surface area contributed by atoms with Crippen molar-refractivity contribution in [2.45, 2.75) is 32.3 Å². The van der Waals surface area contributed by atoms with E-state index in [0.29, 0.717) is 31.2 Å². The van der Waals surface area contributed by atoms with Crippen LogP contribution in [0, 0.1) is 6.92 Å². The first-order chi connectivity index (χ1) is 12.1. The van der Waals surface area contributed by atoms with Crippen LogP contribution in [0.1, 0.15) is 41.1 Å². The van der Waals surface area contributed by atoms with Gasteiger partial charge in [-0.25, -0.2) is 9.97 Å². The van der Waals surface area contributed by atoms with Crippen LogP contribution in [0.15, 0.2) is 18.5 Å². The summed E-state index contributed by atoms with van der Waals surface area (Å²) in [6.07, 6.45) is 2.24. The molecule has 8 nitrogen and oxygen atoms in total. The number of likely N-dealkylation sites (N-methyl/N-ethyl adjacent to an activating group) is 1. The summed E-state index contributed by atoms with van der Waals surface area (Å²) in [7, 11) is 1.76. The minimum Gasteiger partial charge on any atom is -0.477 e. The average Bonchev–Trinajstić information content (AvgIpc) is 3.25. The second-order valence-corrected chi connectivity index (χ2v) is 6.10. The van der Waals surface area contributed by atoms with E-state index in [-0.39, 0.29) is 17.9 Å². The monoisotopic (exact) mass is 345 g/mol. The molecule has 1 saturated heterocycles. The summed E-state index contributed by atoms with van der Waals surface area (Å²) in [6.45, 7) is 5.31. The van der Waals surface area contributed by atoms with E-state index >= 15 is 0 Å². The molecule has 0 bridgehead atoms. The van der Waals surface area contributed by atoms with Crippen LogP contribution < -0.4 is 4.74 Å². The predicted octanol–water partition coefficient (Wildman–Crippen LogP) is 1.55. The molecule has 8 heteroatoms. The minimum atomic E-state index is -0.136. The highest BCUT2D eigenvalue weighted by Crippen LogP contribution is 2.29. The van der Waals surface area contributed by atoms with Gasteiger partial charge in [0.05, 0.1) is 12.7 Å². The van der Waals surface area contributed by atoms with Crippen molar-refractivity contribution in [2.75, 3.05) is 26.8 Å². The fraction of sp³-hybridized carbons (Fsp3) is 0.529. The third-order valence-electron chi connectivity index (χ3n) is 4.31. The Morgan fingerprint density at radius 3 is 3.04 bits per heavy atom. The molecular formula is C17H23N5O3. The first kappa shape index (κ1) is 17.3. The van der Waals surface area contributed by atoms with Crippen LogP contribution in [0.2, 0.25) is 0 Å². The summed E-state index contributed by atoms with van der Waals surface area (Å²) in [4.78, 5) is 23.1. The van der Waals surface area contributed by atoms with Crippen LogP contribution in [0.5, 0.6) is 5.88 Å². The standard InChI is InChI=1S/C17H23N5O3/c1-4-24-16-13(6-5-11(2)20-16)17(23)22(3)9-14-12(7-8-25-14)15-18-10-19-21-15/h5-6,10,12,14H,4,7-9H2,1-3H3,(H,18,19,21)/t12-,14-/m1/s1. The van der Waals surface area contributed by atoms with Crippen molar-refractivity contribution in [3.63, 3.8) is 0 Å². The Kier molecular flexibility index (Phi) is 5.28. The molecule has 1 amide bonds. The van der Waals surface area contributed by atoms with E-state index < -0.39 is 0 Å². The zero-order valence-corrected chi connectivity index (χ0v) is 14.7. The number of ether oxygens (including phenoxy) is 2. The SMILES string of the molecule is CCOc1nc(C)ccc1C(=O)N(C)C[C@H]1OCC[C@H]1c1ncn[nH]1. The van der Waals surface area contributed by atoms with Gasteiger partial charge in [0.2, 0.25) is 5.88 Å². The molecule has 1 fully saturated rings. The van der Waals surface area contributed by atoms with E-state index in [9.17, 15) is 4.79 Å². The number of amides is 1. The van der Waals surface area contributed by atoms with Crippen molar-refractivity contribution < 1.29 is 14.3 Å². The number of nitrogens with one attached hydrogen (secondary N) is 1. The zero-order chi connectivity index (χ0) is 17.8. The van der Waals surface area contributed by atoms with E-state index in [1.165, 1.54) is 6.33 Å². The van der Waals surface area contributed by atoms with Crippen LogP contribution in [0.25, 0.3) is 0 Å². The maximum absolute atomic E-state index is 12.8. The molecule has 25 heavy (non-hydrogen) atoms. The summed E-state index contributed by atoms with van der Waals surface area (Å²) in [5, 5.41) is 6.81. The molecule has 3 rings (SSSR count). The number of H-pyrrole nitrogens is 1. The van der Waals surface area contributed by atoms with E-state index in [1.54, 1.807) is 18.0 Å². The average molecular weight is 345 g/mol. The lowest BCUT2D eigenvalue weighted by molar-refractivity contribution is 0.0546. The lowest BCUT2D eigenvalue weighted by atomic mass is 10.0. The number of hydrogen-bond acceptors (Lipinski definition) is 6. The van der Waals surface area contributed by atoms with Gasteiger partial charge in [0.25, 0.3) is 5.91 Å². The van der Waals surface area contributed by atoms with E-state index in [4.69, 9.17) is 9.47 Å². The molecule has 1 aliphatic rings. The van der Waals surface area contributed by atoms with Crippen molar-refractivity contribution in [1.82, 2.24) is 25.1 Å². The van der Waals surface area contributed by atoms with Crippen molar-refractivity contribution >= 4 is 5.91 Å². The Bertz CT molecular complexity index is 719. The Balaban J connectivity index is 1.73. The van der Waals surface area contributed by atoms with Crippen molar-refractivity contribution in [3.05, 3.63) is 35.5 Å². The number of pyridine rings is 1. The van der Waals surface area contributed by atoms with Gasteiger partial charge in [0, 0.05) is 31.8 Å². The van der Waals surface area contributed by atoms with Gasteiger partial charge in [0.15, 0.2) is 0 Å². The lowest BCUT2D eigenvalue weighted by Crippen LogP contribution is -2.36. The molecule has 134 valence electrons. The smallest absolute Gasteiger partial charge is 0.259 e. The number of aromatic amines is 1. The van der Waals surface area contributed by atoms with E-state index in [2.05, 4.69) is 20.2 Å². The van der Waals surface area contributed by atoms with Crippen LogP contribution in [0.3, 0.4) is 0 Å². The molecule has 0 aromatic carbocycles. The Hall–Kier alpha value is -2.48. The summed E-state index contributed by atoms with van der Waals surface area (Å²) in [5.74, 6) is 1.15. The molecule has 3 heterocycles. The number of hydrogen-bond donors (Lipinski definition) is 1. The molecule has 0 saturated carbocycles. The van der Waals surface area contributed by atoms with E-state index in [0.717, 1.165) is 17.9 Å². The normalized spacial score (nSPS) is 19.8. The topological polar surface area (TPSA) is 93.2 Å². The van der Waals surface area contributed by atoms with Gasteiger partial charge in [-0.2, -0.15) is 5.10 Å². The third-order valence-corrected chi connectivity index (χ3v) is 4.31. The maximum atomic E-state index is 12.8. The molecule has 2 aromatic heterocycles. The van der Waals surface area contributed by atoms with Crippen LogP contribution in [-0.2, 0) is 4.74 Å². The number of rotatable bonds is 6. The summed E-state index contributed by atoms with van der Waals surface area (Å²) in [6, 6.07) is 3.57. The zero-order valence-electron chi connectivity index (χ0n) is 14.7. The van der Waals surface area contributed by atoms with Crippen molar-refractivity contribution in [3.8, 4) is 5.88 Å². The summed E-state index contributed by atoms with van der Waals surface area (Å²) in [5.41, 5.74) is 1.27. The lowest BCUT2D eigenvalue weighted by Gasteiger charge is -2.24. The predicted molar refractivity (Wildman–Crippen MR) is 90.6 cm³/mol. The van der Waals surface area contributed by atoms with Crippen LogP contribution in [-0.4, -0.2) is 63.9 Å². The molecule has 0 unspecified atom stereocenters. The summed E-state index contributed by atoms with van der Waals surface area (Å²) < 4.78 is 11.3. The molecule has 0 spiro atoms. The molecule has 1 aliphatic heterocycles. The van der Waals surface area contributed by atoms with Gasteiger partial charge in [0.1, 0.15) is 17.7 Å². The van der Waals surface area contributed by atoms with Gasteiger partial charge < -0.3 is 14.4 Å². The fourth-order valence-electron chi connectivity index (χ4n) is 3.04. The van der Waals surface area contributed by atoms with Gasteiger partial charge in [-0.1, -0.05) is 0 Å². The first-order valence-corrected chi connectivity index (χ1v) is 8.43. The highest BCUT2D eigenvalue weighted by atomic mass is 16.5. The Labute approximate surface area is 146 Å². The van der Waals surface area contributed by atoms with E-state index in [1.807, 2.05) is 19.9 Å². The molecule has 1 N–H and O–H groups in total. The number of carbonyl (C=O) groups is 1. The van der Waals surface area contributed by atoms with Crippen molar-refractivity contribution in [1.29, 1.82) is 0 Å². The molecule has 2 aromatic rings. The fourth-order valence-corrected chi connectivity index (χ4v) is 3.04. The minimum absolute atomic E-state index is 0.111.